The molecule has 5 heteroatoms. The summed E-state index contributed by atoms with van der Waals surface area (Å²) < 4.78 is 24.5. The van der Waals surface area contributed by atoms with Crippen LogP contribution in [0.2, 0.25) is 0 Å². The van der Waals surface area contributed by atoms with E-state index in [0.29, 0.717) is 25.0 Å². The molecule has 0 atom stereocenters. The summed E-state index contributed by atoms with van der Waals surface area (Å²) in [6.07, 6.45) is 4.08. The first kappa shape index (κ1) is 17.5. The molecule has 1 heterocycles. The quantitative estimate of drug-likeness (QED) is 0.820. The molecule has 0 aromatic heterocycles. The highest BCUT2D eigenvalue weighted by Gasteiger charge is 2.28. The Morgan fingerprint density at radius 3 is 2.25 bits per heavy atom. The minimum absolute atomic E-state index is 0.0716. The van der Waals surface area contributed by atoms with Crippen molar-refractivity contribution in [2.75, 3.05) is 19.3 Å². The first-order valence-electron chi connectivity index (χ1n) is 7.43. The second-order valence-corrected chi connectivity index (χ2v) is 9.02. The lowest BCUT2D eigenvalue weighted by Gasteiger charge is -2.36. The Balaban J connectivity index is 2.50. The Labute approximate surface area is 124 Å². The molecule has 0 aromatic carbocycles. The SMILES string of the molecule is C=C(NC1CCN(S(C)(=O)=O)CC1)C(C)(C)CC(C)C. The normalized spacial score (nSPS) is 19.3. The van der Waals surface area contributed by atoms with Crippen molar-refractivity contribution in [3.63, 3.8) is 0 Å². The molecule has 0 unspecified atom stereocenters. The zero-order valence-electron chi connectivity index (χ0n) is 13.6. The van der Waals surface area contributed by atoms with Crippen LogP contribution in [0.25, 0.3) is 0 Å². The van der Waals surface area contributed by atoms with Crippen LogP contribution in [0, 0.1) is 11.3 Å². The Morgan fingerprint density at radius 1 is 1.35 bits per heavy atom. The highest BCUT2D eigenvalue weighted by atomic mass is 32.2. The summed E-state index contributed by atoms with van der Waals surface area (Å²) in [6.45, 7) is 14.3. The molecule has 1 saturated heterocycles. The second-order valence-electron chi connectivity index (χ2n) is 7.04. The van der Waals surface area contributed by atoms with Crippen LogP contribution < -0.4 is 5.32 Å². The van der Waals surface area contributed by atoms with Gasteiger partial charge in [-0.05, 0) is 25.2 Å². The summed E-state index contributed by atoms with van der Waals surface area (Å²) in [7, 11) is -3.04. The first-order valence-corrected chi connectivity index (χ1v) is 9.28. The number of hydrogen-bond acceptors (Lipinski definition) is 3. The van der Waals surface area contributed by atoms with Gasteiger partial charge in [0, 0.05) is 30.2 Å². The molecular weight excluding hydrogens is 272 g/mol. The van der Waals surface area contributed by atoms with E-state index in [1.165, 1.54) is 6.26 Å². The fourth-order valence-electron chi connectivity index (χ4n) is 2.92. The van der Waals surface area contributed by atoms with Crippen molar-refractivity contribution in [3.8, 4) is 0 Å². The zero-order valence-corrected chi connectivity index (χ0v) is 14.4. The maximum atomic E-state index is 11.5. The summed E-state index contributed by atoms with van der Waals surface area (Å²) >= 11 is 0. The Hall–Kier alpha value is -0.550. The molecule has 118 valence electrons. The van der Waals surface area contributed by atoms with Crippen LogP contribution in [-0.4, -0.2) is 38.1 Å². The van der Waals surface area contributed by atoms with Gasteiger partial charge in [0.25, 0.3) is 0 Å². The summed E-state index contributed by atoms with van der Waals surface area (Å²) in [5, 5.41) is 3.52. The average molecular weight is 302 g/mol. The maximum absolute atomic E-state index is 11.5. The number of allylic oxidation sites excluding steroid dienone is 1. The van der Waals surface area contributed by atoms with Crippen LogP contribution in [0.3, 0.4) is 0 Å². The molecule has 20 heavy (non-hydrogen) atoms. The molecular formula is C15H30N2O2S. The van der Waals surface area contributed by atoms with Crippen LogP contribution in [0.1, 0.15) is 47.0 Å². The molecule has 0 radical (unpaired) electrons. The molecule has 0 aromatic rings. The van der Waals surface area contributed by atoms with Crippen molar-refractivity contribution in [1.82, 2.24) is 9.62 Å². The van der Waals surface area contributed by atoms with Gasteiger partial charge in [-0.1, -0.05) is 34.3 Å². The molecule has 4 nitrogen and oxygen atoms in total. The Bertz CT molecular complexity index is 433. The summed E-state index contributed by atoms with van der Waals surface area (Å²) in [5.41, 5.74) is 1.14. The van der Waals surface area contributed by atoms with E-state index in [4.69, 9.17) is 0 Å². The van der Waals surface area contributed by atoms with Crippen molar-refractivity contribution >= 4 is 10.0 Å². The van der Waals surface area contributed by atoms with Crippen LogP contribution >= 0.6 is 0 Å². The molecule has 1 N–H and O–H groups in total. The highest BCUT2D eigenvalue weighted by molar-refractivity contribution is 7.88. The predicted molar refractivity (Wildman–Crippen MR) is 85.0 cm³/mol. The van der Waals surface area contributed by atoms with Gasteiger partial charge in [0.2, 0.25) is 10.0 Å². The number of sulfonamides is 1. The molecule has 1 rings (SSSR count). The van der Waals surface area contributed by atoms with Crippen LogP contribution in [0.4, 0.5) is 0 Å². The van der Waals surface area contributed by atoms with Crippen molar-refractivity contribution in [3.05, 3.63) is 12.3 Å². The van der Waals surface area contributed by atoms with Crippen molar-refractivity contribution in [2.24, 2.45) is 11.3 Å². The van der Waals surface area contributed by atoms with Gasteiger partial charge < -0.3 is 5.32 Å². The van der Waals surface area contributed by atoms with Crippen molar-refractivity contribution < 1.29 is 8.42 Å². The van der Waals surface area contributed by atoms with Crippen LogP contribution in [0.15, 0.2) is 12.3 Å². The van der Waals surface area contributed by atoms with E-state index in [1.807, 2.05) is 0 Å². The van der Waals surface area contributed by atoms with E-state index in [1.54, 1.807) is 4.31 Å². The maximum Gasteiger partial charge on any atom is 0.211 e. The van der Waals surface area contributed by atoms with E-state index in [-0.39, 0.29) is 5.41 Å². The minimum Gasteiger partial charge on any atom is -0.386 e. The third-order valence-corrected chi connectivity index (χ3v) is 5.34. The monoisotopic (exact) mass is 302 g/mol. The summed E-state index contributed by atoms with van der Waals surface area (Å²) in [4.78, 5) is 0. The fourth-order valence-corrected chi connectivity index (χ4v) is 3.79. The lowest BCUT2D eigenvalue weighted by Crippen LogP contribution is -2.45. The van der Waals surface area contributed by atoms with E-state index in [2.05, 4.69) is 39.6 Å². The standard InChI is InChI=1S/C15H30N2O2S/c1-12(2)11-15(4,5)13(3)16-14-7-9-17(10-8-14)20(6,18)19/h12,14,16H,3,7-11H2,1-2,4-6H3. The van der Waals surface area contributed by atoms with Crippen LogP contribution in [0.5, 0.6) is 0 Å². The van der Waals surface area contributed by atoms with E-state index >= 15 is 0 Å². The molecule has 0 saturated carbocycles. The number of hydrogen-bond donors (Lipinski definition) is 1. The zero-order chi connectivity index (χ0) is 15.6. The molecule has 1 fully saturated rings. The molecule has 0 spiro atoms. The summed E-state index contributed by atoms with van der Waals surface area (Å²) in [6, 6.07) is 0.340. The van der Waals surface area contributed by atoms with Gasteiger partial charge in [-0.25, -0.2) is 12.7 Å². The van der Waals surface area contributed by atoms with E-state index in [9.17, 15) is 8.42 Å². The van der Waals surface area contributed by atoms with Crippen molar-refractivity contribution in [2.45, 2.75) is 53.0 Å². The molecule has 1 aliphatic rings. The minimum atomic E-state index is -3.04. The third-order valence-electron chi connectivity index (χ3n) is 4.04. The fraction of sp³-hybridized carbons (Fsp3) is 0.867. The topological polar surface area (TPSA) is 49.4 Å². The Kier molecular flexibility index (Phi) is 5.67. The van der Waals surface area contributed by atoms with Gasteiger partial charge in [-0.3, -0.25) is 0 Å². The number of piperidine rings is 1. The van der Waals surface area contributed by atoms with Gasteiger partial charge in [-0.2, -0.15) is 0 Å². The van der Waals surface area contributed by atoms with E-state index < -0.39 is 10.0 Å². The van der Waals surface area contributed by atoms with Crippen molar-refractivity contribution in [1.29, 1.82) is 0 Å². The second kappa shape index (κ2) is 6.48. The number of rotatable bonds is 6. The molecule has 0 amide bonds. The molecule has 0 aliphatic carbocycles. The van der Waals surface area contributed by atoms with Gasteiger partial charge in [0.1, 0.15) is 0 Å². The average Bonchev–Trinajstić information content (AvgIpc) is 2.26. The van der Waals surface area contributed by atoms with Crippen LogP contribution in [-0.2, 0) is 10.0 Å². The molecule has 0 bridgehead atoms. The molecule has 1 aliphatic heterocycles. The van der Waals surface area contributed by atoms with E-state index in [0.717, 1.165) is 25.0 Å². The highest BCUT2D eigenvalue weighted by Crippen LogP contribution is 2.32. The summed E-state index contributed by atoms with van der Waals surface area (Å²) in [5.74, 6) is 0.635. The first-order chi connectivity index (χ1) is 9.02. The van der Waals surface area contributed by atoms with Gasteiger partial charge in [0.05, 0.1) is 6.26 Å². The largest absolute Gasteiger partial charge is 0.386 e. The smallest absolute Gasteiger partial charge is 0.211 e. The third kappa shape index (κ3) is 5.09. The van der Waals surface area contributed by atoms with Gasteiger partial charge >= 0.3 is 0 Å². The Morgan fingerprint density at radius 2 is 1.85 bits per heavy atom. The number of nitrogens with zero attached hydrogens (tertiary/aromatic N) is 1. The lowest BCUT2D eigenvalue weighted by atomic mass is 9.81. The number of nitrogens with one attached hydrogen (secondary N) is 1. The predicted octanol–water partition coefficient (Wildman–Crippen LogP) is 2.59. The van der Waals surface area contributed by atoms with Gasteiger partial charge in [-0.15, -0.1) is 0 Å². The lowest BCUT2D eigenvalue weighted by molar-refractivity contribution is 0.270. The van der Waals surface area contributed by atoms with Gasteiger partial charge in [0.15, 0.2) is 0 Å².